The van der Waals surface area contributed by atoms with Crippen molar-refractivity contribution in [3.63, 3.8) is 0 Å². The molecule has 0 bridgehead atoms. The zero-order valence-corrected chi connectivity index (χ0v) is 10.1. The number of aromatic nitrogens is 2. The van der Waals surface area contributed by atoms with Gasteiger partial charge < -0.3 is 5.32 Å². The molecule has 3 heterocycles. The molecule has 0 saturated carbocycles. The van der Waals surface area contributed by atoms with Crippen molar-refractivity contribution in [2.24, 2.45) is 0 Å². The first-order valence-corrected chi connectivity index (χ1v) is 6.80. The molecule has 1 aliphatic heterocycles. The van der Waals surface area contributed by atoms with Crippen LogP contribution >= 0.6 is 11.8 Å². The number of fused-ring (bicyclic) bond motifs is 1. The van der Waals surface area contributed by atoms with E-state index in [1.54, 1.807) is 16.8 Å². The first-order chi connectivity index (χ1) is 8.33. The maximum absolute atomic E-state index is 12.0. The summed E-state index contributed by atoms with van der Waals surface area (Å²) in [6, 6.07) is 5.89. The van der Waals surface area contributed by atoms with Crippen LogP contribution in [0, 0.1) is 0 Å². The highest BCUT2D eigenvalue weighted by Gasteiger charge is 2.18. The molecule has 0 spiro atoms. The summed E-state index contributed by atoms with van der Waals surface area (Å²) in [6.07, 6.45) is 4.61. The quantitative estimate of drug-likeness (QED) is 0.876. The fourth-order valence-electron chi connectivity index (χ4n) is 1.98. The van der Waals surface area contributed by atoms with E-state index in [1.165, 1.54) is 0 Å². The zero-order chi connectivity index (χ0) is 11.7. The lowest BCUT2D eigenvalue weighted by molar-refractivity contribution is 0.0941. The Bertz CT molecular complexity index is 545. The molecule has 4 nitrogen and oxygen atoms in total. The van der Waals surface area contributed by atoms with Crippen LogP contribution in [0.4, 0.5) is 0 Å². The number of thioether (sulfide) groups is 1. The first kappa shape index (κ1) is 10.7. The van der Waals surface area contributed by atoms with Gasteiger partial charge >= 0.3 is 0 Å². The van der Waals surface area contributed by atoms with Crippen molar-refractivity contribution in [1.82, 2.24) is 14.9 Å². The number of nitrogens with zero attached hydrogens (tertiary/aromatic N) is 2. The van der Waals surface area contributed by atoms with Gasteiger partial charge in [0.25, 0.3) is 5.91 Å². The Hall–Kier alpha value is -1.49. The molecule has 0 aromatic carbocycles. The molecule has 0 aliphatic carbocycles. The summed E-state index contributed by atoms with van der Waals surface area (Å²) in [5, 5.41) is 7.17. The normalized spacial score (nSPS) is 19.6. The monoisotopic (exact) mass is 247 g/mol. The van der Waals surface area contributed by atoms with Crippen LogP contribution in [0.25, 0.3) is 5.52 Å². The van der Waals surface area contributed by atoms with Gasteiger partial charge in [-0.3, -0.25) is 4.79 Å². The van der Waals surface area contributed by atoms with Crippen LogP contribution in [0.2, 0.25) is 0 Å². The van der Waals surface area contributed by atoms with Crippen molar-refractivity contribution in [1.29, 1.82) is 0 Å². The molecule has 1 aliphatic rings. The van der Waals surface area contributed by atoms with Gasteiger partial charge in [-0.05, 0) is 30.4 Å². The molecule has 1 unspecified atom stereocenters. The summed E-state index contributed by atoms with van der Waals surface area (Å²) in [6.45, 7) is 0. The highest BCUT2D eigenvalue weighted by molar-refractivity contribution is 7.99. The van der Waals surface area contributed by atoms with Gasteiger partial charge in [0.05, 0.1) is 5.52 Å². The second-order valence-electron chi connectivity index (χ2n) is 4.15. The molecule has 1 saturated heterocycles. The van der Waals surface area contributed by atoms with Gasteiger partial charge in [0, 0.05) is 29.8 Å². The van der Waals surface area contributed by atoms with E-state index in [2.05, 4.69) is 10.4 Å². The van der Waals surface area contributed by atoms with Crippen molar-refractivity contribution in [2.75, 3.05) is 11.5 Å². The highest BCUT2D eigenvalue weighted by atomic mass is 32.2. The fourth-order valence-corrected chi connectivity index (χ4v) is 3.13. The van der Waals surface area contributed by atoms with Gasteiger partial charge in [0.2, 0.25) is 0 Å². The summed E-state index contributed by atoms with van der Waals surface area (Å²) in [7, 11) is 0. The van der Waals surface area contributed by atoms with E-state index in [0.29, 0.717) is 11.6 Å². The minimum Gasteiger partial charge on any atom is -0.348 e. The summed E-state index contributed by atoms with van der Waals surface area (Å²) < 4.78 is 1.75. The second-order valence-corrected chi connectivity index (χ2v) is 5.30. The Morgan fingerprint density at radius 2 is 2.47 bits per heavy atom. The van der Waals surface area contributed by atoms with Crippen LogP contribution in [0.3, 0.4) is 0 Å². The van der Waals surface area contributed by atoms with Gasteiger partial charge in [-0.15, -0.1) is 0 Å². The fraction of sp³-hybridized carbons (Fsp3) is 0.333. The summed E-state index contributed by atoms with van der Waals surface area (Å²) in [5.41, 5.74) is 1.65. The van der Waals surface area contributed by atoms with Crippen LogP contribution in [0.1, 0.15) is 16.8 Å². The predicted octanol–water partition coefficient (Wildman–Crippen LogP) is 1.57. The van der Waals surface area contributed by atoms with Crippen LogP contribution < -0.4 is 5.32 Å². The molecule has 3 rings (SSSR count). The molecule has 1 atom stereocenters. The molecule has 1 N–H and O–H groups in total. The summed E-state index contributed by atoms with van der Waals surface area (Å²) in [5.74, 6) is 2.19. The van der Waals surface area contributed by atoms with Gasteiger partial charge in [-0.25, -0.2) is 4.52 Å². The molecular formula is C12H13N3OS. The van der Waals surface area contributed by atoms with Gasteiger partial charge in [-0.1, -0.05) is 0 Å². The average molecular weight is 247 g/mol. The van der Waals surface area contributed by atoms with E-state index in [1.807, 2.05) is 30.1 Å². The minimum absolute atomic E-state index is 0.0150. The van der Waals surface area contributed by atoms with E-state index in [0.717, 1.165) is 23.4 Å². The Labute approximate surface area is 103 Å². The van der Waals surface area contributed by atoms with E-state index in [4.69, 9.17) is 0 Å². The second kappa shape index (κ2) is 4.41. The molecule has 2 aromatic heterocycles. The van der Waals surface area contributed by atoms with Crippen LogP contribution in [0.5, 0.6) is 0 Å². The third-order valence-corrected chi connectivity index (χ3v) is 4.09. The van der Waals surface area contributed by atoms with E-state index in [-0.39, 0.29) is 5.91 Å². The summed E-state index contributed by atoms with van der Waals surface area (Å²) in [4.78, 5) is 12.0. The molecule has 0 radical (unpaired) electrons. The Morgan fingerprint density at radius 3 is 3.29 bits per heavy atom. The van der Waals surface area contributed by atoms with Gasteiger partial charge in [0.1, 0.15) is 0 Å². The number of carbonyl (C=O) groups is 1. The minimum atomic E-state index is 0.0150. The number of hydrogen-bond donors (Lipinski definition) is 1. The van der Waals surface area contributed by atoms with Crippen molar-refractivity contribution in [3.8, 4) is 0 Å². The number of pyridine rings is 1. The SMILES string of the molecule is O=C(NC1CCSC1)c1ccn2nccc2c1. The van der Waals surface area contributed by atoms with Crippen molar-refractivity contribution >= 4 is 23.2 Å². The van der Waals surface area contributed by atoms with E-state index < -0.39 is 0 Å². The maximum Gasteiger partial charge on any atom is 0.251 e. The Balaban J connectivity index is 1.79. The third kappa shape index (κ3) is 2.15. The number of hydrogen-bond acceptors (Lipinski definition) is 3. The number of amides is 1. The van der Waals surface area contributed by atoms with Crippen LogP contribution in [-0.4, -0.2) is 33.1 Å². The third-order valence-electron chi connectivity index (χ3n) is 2.93. The number of carbonyl (C=O) groups excluding carboxylic acids is 1. The van der Waals surface area contributed by atoms with Crippen molar-refractivity contribution in [2.45, 2.75) is 12.5 Å². The first-order valence-electron chi connectivity index (χ1n) is 5.65. The average Bonchev–Trinajstić information content (AvgIpc) is 2.97. The van der Waals surface area contributed by atoms with Gasteiger partial charge in [0.15, 0.2) is 0 Å². The molecule has 1 fully saturated rings. The maximum atomic E-state index is 12.0. The number of nitrogens with one attached hydrogen (secondary N) is 1. The molecule has 17 heavy (non-hydrogen) atoms. The lowest BCUT2D eigenvalue weighted by Crippen LogP contribution is -2.34. The summed E-state index contributed by atoms with van der Waals surface area (Å²) >= 11 is 1.89. The zero-order valence-electron chi connectivity index (χ0n) is 9.30. The van der Waals surface area contributed by atoms with E-state index >= 15 is 0 Å². The van der Waals surface area contributed by atoms with Crippen molar-refractivity contribution in [3.05, 3.63) is 36.2 Å². The Morgan fingerprint density at radius 1 is 1.53 bits per heavy atom. The standard InChI is InChI=1S/C12H13N3OS/c16-12(14-10-3-6-17-8-10)9-2-5-15-11(7-9)1-4-13-15/h1-2,4-5,7,10H,3,6,8H2,(H,14,16). The molecule has 2 aromatic rings. The molecule has 88 valence electrons. The van der Waals surface area contributed by atoms with Crippen LogP contribution in [0.15, 0.2) is 30.6 Å². The smallest absolute Gasteiger partial charge is 0.251 e. The van der Waals surface area contributed by atoms with Crippen LogP contribution in [-0.2, 0) is 0 Å². The molecular weight excluding hydrogens is 234 g/mol. The largest absolute Gasteiger partial charge is 0.348 e. The highest BCUT2D eigenvalue weighted by Crippen LogP contribution is 2.17. The topological polar surface area (TPSA) is 46.4 Å². The molecule has 5 heteroatoms. The number of rotatable bonds is 2. The van der Waals surface area contributed by atoms with E-state index in [9.17, 15) is 4.79 Å². The predicted molar refractivity (Wildman–Crippen MR) is 68.4 cm³/mol. The lowest BCUT2D eigenvalue weighted by atomic mass is 10.2. The molecule has 1 amide bonds. The van der Waals surface area contributed by atoms with Gasteiger partial charge in [-0.2, -0.15) is 16.9 Å². The van der Waals surface area contributed by atoms with Crippen molar-refractivity contribution < 1.29 is 4.79 Å². The lowest BCUT2D eigenvalue weighted by Gasteiger charge is -2.11. The Kier molecular flexibility index (Phi) is 2.76.